The van der Waals surface area contributed by atoms with Crippen molar-refractivity contribution in [3.05, 3.63) is 5.82 Å². The second-order valence-electron chi connectivity index (χ2n) is 6.23. The van der Waals surface area contributed by atoms with Gasteiger partial charge in [0.1, 0.15) is 0 Å². The van der Waals surface area contributed by atoms with Crippen LogP contribution in [0.4, 0.5) is 0 Å². The Morgan fingerprint density at radius 1 is 1.30 bits per heavy atom. The normalized spacial score (nSPS) is 20.6. The highest BCUT2D eigenvalue weighted by Gasteiger charge is 2.42. The third kappa shape index (κ3) is 3.35. The van der Waals surface area contributed by atoms with Crippen molar-refractivity contribution in [2.45, 2.75) is 45.2 Å². The second kappa shape index (κ2) is 6.18. The summed E-state index contributed by atoms with van der Waals surface area (Å²) in [6, 6.07) is 0.166. The maximum absolute atomic E-state index is 5.06. The fourth-order valence-electron chi connectivity index (χ4n) is 3.05. The molecule has 2 aliphatic carbocycles. The van der Waals surface area contributed by atoms with Gasteiger partial charge in [0.15, 0.2) is 5.82 Å². The molecule has 1 heterocycles. The number of rotatable bonds is 9. The van der Waals surface area contributed by atoms with Crippen LogP contribution < -0.4 is 5.32 Å². The molecule has 2 saturated carbocycles. The highest BCUT2D eigenvalue weighted by Crippen LogP contribution is 2.49. The minimum atomic E-state index is 0.166. The van der Waals surface area contributed by atoms with Gasteiger partial charge in [-0.25, -0.2) is 4.68 Å². The smallest absolute Gasteiger partial charge is 0.167 e. The Balaban J connectivity index is 1.60. The van der Waals surface area contributed by atoms with E-state index in [1.54, 1.807) is 7.11 Å². The van der Waals surface area contributed by atoms with Gasteiger partial charge >= 0.3 is 0 Å². The summed E-state index contributed by atoms with van der Waals surface area (Å²) < 4.78 is 7.08. The molecule has 3 rings (SSSR count). The molecule has 20 heavy (non-hydrogen) atoms. The van der Waals surface area contributed by atoms with Crippen LogP contribution >= 0.6 is 0 Å². The summed E-state index contributed by atoms with van der Waals surface area (Å²) in [6.45, 7) is 4.63. The van der Waals surface area contributed by atoms with E-state index in [4.69, 9.17) is 4.74 Å². The monoisotopic (exact) mass is 279 g/mol. The molecule has 1 atom stereocenters. The SMILES string of the molecule is COCCNC(C)c1nnnn1CC(C1CC1)C1CC1. The maximum Gasteiger partial charge on any atom is 0.167 e. The Hall–Kier alpha value is -1.01. The molecule has 1 unspecified atom stereocenters. The zero-order valence-corrected chi connectivity index (χ0v) is 12.5. The molecule has 2 fully saturated rings. The Morgan fingerprint density at radius 3 is 2.60 bits per heavy atom. The van der Waals surface area contributed by atoms with Gasteiger partial charge in [0, 0.05) is 20.2 Å². The second-order valence-corrected chi connectivity index (χ2v) is 6.23. The van der Waals surface area contributed by atoms with Crippen molar-refractivity contribution in [2.24, 2.45) is 17.8 Å². The van der Waals surface area contributed by atoms with Crippen molar-refractivity contribution in [1.82, 2.24) is 25.5 Å². The average molecular weight is 279 g/mol. The first-order chi connectivity index (χ1) is 9.79. The molecule has 1 N–H and O–H groups in total. The number of hydrogen-bond acceptors (Lipinski definition) is 5. The fourth-order valence-corrected chi connectivity index (χ4v) is 3.05. The number of ether oxygens (including phenoxy) is 1. The van der Waals surface area contributed by atoms with E-state index >= 15 is 0 Å². The van der Waals surface area contributed by atoms with Crippen molar-refractivity contribution >= 4 is 0 Å². The van der Waals surface area contributed by atoms with E-state index < -0.39 is 0 Å². The quantitative estimate of drug-likeness (QED) is 0.692. The van der Waals surface area contributed by atoms with Crippen LogP contribution in [0.25, 0.3) is 0 Å². The predicted octanol–water partition coefficient (Wildman–Crippen LogP) is 1.41. The van der Waals surface area contributed by atoms with Crippen LogP contribution in [0.2, 0.25) is 0 Å². The summed E-state index contributed by atoms with van der Waals surface area (Å²) in [5.74, 6) is 3.60. The maximum atomic E-state index is 5.06. The highest BCUT2D eigenvalue weighted by atomic mass is 16.5. The molecule has 0 radical (unpaired) electrons. The number of methoxy groups -OCH3 is 1. The Kier molecular flexibility index (Phi) is 4.31. The summed E-state index contributed by atoms with van der Waals surface area (Å²) in [5, 5.41) is 15.7. The van der Waals surface area contributed by atoms with Gasteiger partial charge in [-0.05, 0) is 60.8 Å². The van der Waals surface area contributed by atoms with E-state index in [1.165, 1.54) is 25.7 Å². The third-order valence-electron chi connectivity index (χ3n) is 4.54. The van der Waals surface area contributed by atoms with Crippen molar-refractivity contribution in [2.75, 3.05) is 20.3 Å². The lowest BCUT2D eigenvalue weighted by Gasteiger charge is -2.18. The first-order valence-electron chi connectivity index (χ1n) is 7.78. The molecular formula is C14H25N5O. The zero-order chi connectivity index (χ0) is 13.9. The summed E-state index contributed by atoms with van der Waals surface area (Å²) in [4.78, 5) is 0. The number of hydrogen-bond donors (Lipinski definition) is 1. The zero-order valence-electron chi connectivity index (χ0n) is 12.5. The third-order valence-corrected chi connectivity index (χ3v) is 4.54. The molecule has 6 heteroatoms. The van der Waals surface area contributed by atoms with E-state index in [0.29, 0.717) is 6.61 Å². The molecule has 0 bridgehead atoms. The molecule has 0 amide bonds. The van der Waals surface area contributed by atoms with Gasteiger partial charge in [0.2, 0.25) is 0 Å². The molecule has 0 saturated heterocycles. The largest absolute Gasteiger partial charge is 0.383 e. The molecule has 2 aliphatic rings. The molecular weight excluding hydrogens is 254 g/mol. The van der Waals surface area contributed by atoms with Gasteiger partial charge in [-0.3, -0.25) is 0 Å². The minimum absolute atomic E-state index is 0.166. The Bertz CT molecular complexity index is 415. The fraction of sp³-hybridized carbons (Fsp3) is 0.929. The van der Waals surface area contributed by atoms with E-state index in [9.17, 15) is 0 Å². The van der Waals surface area contributed by atoms with Gasteiger partial charge in [-0.1, -0.05) is 0 Å². The molecule has 1 aromatic rings. The van der Waals surface area contributed by atoms with Crippen molar-refractivity contribution < 1.29 is 4.74 Å². The Morgan fingerprint density at radius 2 is 2.00 bits per heavy atom. The molecule has 112 valence electrons. The number of nitrogens with zero attached hydrogens (tertiary/aromatic N) is 4. The number of nitrogens with one attached hydrogen (secondary N) is 1. The summed E-state index contributed by atoms with van der Waals surface area (Å²) >= 11 is 0. The van der Waals surface area contributed by atoms with E-state index in [2.05, 4.69) is 27.8 Å². The van der Waals surface area contributed by atoms with Crippen molar-refractivity contribution in [3.8, 4) is 0 Å². The van der Waals surface area contributed by atoms with Gasteiger partial charge in [-0.15, -0.1) is 5.10 Å². The lowest BCUT2D eigenvalue weighted by molar-refractivity contribution is 0.195. The lowest BCUT2D eigenvalue weighted by Crippen LogP contribution is -2.27. The van der Waals surface area contributed by atoms with E-state index in [1.807, 2.05) is 4.68 Å². The molecule has 1 aromatic heterocycles. The van der Waals surface area contributed by atoms with Gasteiger partial charge < -0.3 is 10.1 Å². The number of aromatic nitrogens is 4. The minimum Gasteiger partial charge on any atom is -0.383 e. The predicted molar refractivity (Wildman–Crippen MR) is 75.0 cm³/mol. The molecule has 0 aromatic carbocycles. The average Bonchev–Trinajstić information content (AvgIpc) is 3.36. The first-order valence-corrected chi connectivity index (χ1v) is 7.78. The van der Waals surface area contributed by atoms with Crippen molar-refractivity contribution in [3.63, 3.8) is 0 Å². The van der Waals surface area contributed by atoms with Crippen LogP contribution in [0, 0.1) is 17.8 Å². The summed E-state index contributed by atoms with van der Waals surface area (Å²) in [5.41, 5.74) is 0. The standard InChI is InChI=1S/C14H25N5O/c1-10(15-7-8-20-2)14-16-17-18-19(14)9-13(11-3-4-11)12-5-6-12/h10-13,15H,3-9H2,1-2H3. The Labute approximate surface area is 120 Å². The first kappa shape index (κ1) is 13.9. The van der Waals surface area contributed by atoms with Crippen molar-refractivity contribution in [1.29, 1.82) is 0 Å². The lowest BCUT2D eigenvalue weighted by atomic mass is 9.98. The highest BCUT2D eigenvalue weighted by molar-refractivity contribution is 4.95. The summed E-state index contributed by atoms with van der Waals surface area (Å²) in [6.07, 6.45) is 5.61. The van der Waals surface area contributed by atoms with Crippen LogP contribution in [-0.4, -0.2) is 40.5 Å². The number of tetrazole rings is 1. The van der Waals surface area contributed by atoms with Crippen LogP contribution in [0.1, 0.15) is 44.5 Å². The van der Waals surface area contributed by atoms with Gasteiger partial charge in [0.05, 0.1) is 12.6 Å². The molecule has 0 spiro atoms. The molecule has 0 aliphatic heterocycles. The van der Waals surface area contributed by atoms with Crippen LogP contribution in [-0.2, 0) is 11.3 Å². The van der Waals surface area contributed by atoms with Crippen LogP contribution in [0.5, 0.6) is 0 Å². The van der Waals surface area contributed by atoms with E-state index in [0.717, 1.165) is 36.7 Å². The van der Waals surface area contributed by atoms with E-state index in [-0.39, 0.29) is 6.04 Å². The van der Waals surface area contributed by atoms with Crippen LogP contribution in [0.15, 0.2) is 0 Å². The summed E-state index contributed by atoms with van der Waals surface area (Å²) in [7, 11) is 1.71. The van der Waals surface area contributed by atoms with Gasteiger partial charge in [0.25, 0.3) is 0 Å². The topological polar surface area (TPSA) is 64.9 Å². The van der Waals surface area contributed by atoms with Crippen LogP contribution in [0.3, 0.4) is 0 Å². The molecule has 6 nitrogen and oxygen atoms in total. The van der Waals surface area contributed by atoms with Gasteiger partial charge in [-0.2, -0.15) is 0 Å².